The Morgan fingerprint density at radius 2 is 2.00 bits per heavy atom. The SMILES string of the molecule is Cc1cccc2c1cnn2C(=O)CCC(=O)NC1CCCc2ccccc21. The predicted octanol–water partition coefficient (Wildman–Crippen LogP) is 3.96. The van der Waals surface area contributed by atoms with E-state index in [2.05, 4.69) is 22.5 Å². The van der Waals surface area contributed by atoms with Gasteiger partial charge < -0.3 is 5.32 Å². The molecule has 1 heterocycles. The summed E-state index contributed by atoms with van der Waals surface area (Å²) in [6.07, 6.45) is 5.10. The molecule has 1 aromatic heterocycles. The van der Waals surface area contributed by atoms with E-state index in [1.165, 1.54) is 15.8 Å². The van der Waals surface area contributed by atoms with Crippen molar-refractivity contribution >= 4 is 22.7 Å². The lowest BCUT2D eigenvalue weighted by Gasteiger charge is -2.26. The fourth-order valence-corrected chi connectivity index (χ4v) is 3.89. The molecule has 5 nitrogen and oxygen atoms in total. The maximum absolute atomic E-state index is 12.5. The van der Waals surface area contributed by atoms with Crippen molar-refractivity contribution < 1.29 is 9.59 Å². The number of carbonyl (C=O) groups excluding carboxylic acids is 2. The molecule has 0 saturated heterocycles. The third kappa shape index (κ3) is 3.50. The molecule has 5 heteroatoms. The number of carbonyl (C=O) groups is 2. The van der Waals surface area contributed by atoms with Gasteiger partial charge in [-0.25, -0.2) is 4.68 Å². The first-order chi connectivity index (χ1) is 13.1. The smallest absolute Gasteiger partial charge is 0.247 e. The standard InChI is InChI=1S/C22H23N3O2/c1-15-6-4-11-20-18(15)14-23-25(20)22(27)13-12-21(26)24-19-10-5-8-16-7-2-3-9-17(16)19/h2-4,6-7,9,11,14,19H,5,8,10,12-13H2,1H3,(H,24,26). The molecule has 3 aromatic rings. The Morgan fingerprint density at radius 3 is 2.89 bits per heavy atom. The molecule has 0 radical (unpaired) electrons. The topological polar surface area (TPSA) is 64.0 Å². The van der Waals surface area contributed by atoms with Gasteiger partial charge >= 0.3 is 0 Å². The Kier molecular flexibility index (Phi) is 4.75. The summed E-state index contributed by atoms with van der Waals surface area (Å²) in [5, 5.41) is 8.28. The van der Waals surface area contributed by atoms with Crippen molar-refractivity contribution in [3.8, 4) is 0 Å². The van der Waals surface area contributed by atoms with E-state index in [4.69, 9.17) is 0 Å². The van der Waals surface area contributed by atoms with Crippen LogP contribution in [0.5, 0.6) is 0 Å². The number of nitrogens with one attached hydrogen (secondary N) is 1. The second-order valence-corrected chi connectivity index (χ2v) is 7.17. The maximum Gasteiger partial charge on any atom is 0.247 e. The zero-order valence-corrected chi connectivity index (χ0v) is 15.4. The molecule has 1 unspecified atom stereocenters. The molecule has 4 rings (SSSR count). The molecule has 2 aromatic carbocycles. The van der Waals surface area contributed by atoms with Gasteiger partial charge in [-0.3, -0.25) is 9.59 Å². The van der Waals surface area contributed by atoms with E-state index < -0.39 is 0 Å². The molecule has 1 N–H and O–H groups in total. The summed E-state index contributed by atoms with van der Waals surface area (Å²) in [7, 11) is 0. The molecule has 138 valence electrons. The first-order valence-corrected chi connectivity index (χ1v) is 9.47. The van der Waals surface area contributed by atoms with Crippen molar-refractivity contribution in [3.63, 3.8) is 0 Å². The van der Waals surface area contributed by atoms with E-state index in [1.54, 1.807) is 6.20 Å². The van der Waals surface area contributed by atoms with Crippen molar-refractivity contribution in [1.82, 2.24) is 15.1 Å². The number of benzene rings is 2. The van der Waals surface area contributed by atoms with Gasteiger partial charge in [0, 0.05) is 18.2 Å². The quantitative estimate of drug-likeness (QED) is 0.765. The molecule has 1 amide bonds. The molecule has 1 atom stereocenters. The zero-order valence-electron chi connectivity index (χ0n) is 15.4. The lowest BCUT2D eigenvalue weighted by atomic mass is 9.87. The van der Waals surface area contributed by atoms with Gasteiger partial charge in [0.05, 0.1) is 17.8 Å². The highest BCUT2D eigenvalue weighted by atomic mass is 16.2. The summed E-state index contributed by atoms with van der Waals surface area (Å²) in [6.45, 7) is 1.99. The van der Waals surface area contributed by atoms with Crippen LogP contribution in [0.4, 0.5) is 0 Å². The van der Waals surface area contributed by atoms with Crippen molar-refractivity contribution in [1.29, 1.82) is 0 Å². The van der Waals surface area contributed by atoms with Crippen LogP contribution in [-0.2, 0) is 11.2 Å². The third-order valence-electron chi connectivity index (χ3n) is 5.34. The number of fused-ring (bicyclic) bond motifs is 2. The van der Waals surface area contributed by atoms with Gasteiger partial charge in [0.1, 0.15) is 0 Å². The Hall–Kier alpha value is -2.95. The molecule has 0 saturated carbocycles. The number of aromatic nitrogens is 2. The third-order valence-corrected chi connectivity index (χ3v) is 5.34. The molecule has 1 aliphatic carbocycles. The zero-order chi connectivity index (χ0) is 18.8. The summed E-state index contributed by atoms with van der Waals surface area (Å²) >= 11 is 0. The van der Waals surface area contributed by atoms with Gasteiger partial charge in [0.25, 0.3) is 0 Å². The second kappa shape index (κ2) is 7.35. The van der Waals surface area contributed by atoms with Crippen LogP contribution in [0.2, 0.25) is 0 Å². The van der Waals surface area contributed by atoms with Gasteiger partial charge in [-0.1, -0.05) is 36.4 Å². The molecule has 0 aliphatic heterocycles. The highest BCUT2D eigenvalue weighted by molar-refractivity contribution is 5.93. The van der Waals surface area contributed by atoms with Gasteiger partial charge in [-0.15, -0.1) is 0 Å². The average molecular weight is 361 g/mol. The molecule has 0 fully saturated rings. The second-order valence-electron chi connectivity index (χ2n) is 7.17. The van der Waals surface area contributed by atoms with Gasteiger partial charge in [-0.05, 0) is 48.9 Å². The largest absolute Gasteiger partial charge is 0.349 e. The highest BCUT2D eigenvalue weighted by Gasteiger charge is 2.22. The minimum absolute atomic E-state index is 0.0470. The van der Waals surface area contributed by atoms with Crippen LogP contribution in [0.25, 0.3) is 10.9 Å². The Balaban J connectivity index is 1.40. The van der Waals surface area contributed by atoms with Crippen molar-refractivity contribution in [2.45, 2.75) is 45.1 Å². The van der Waals surface area contributed by atoms with Crippen LogP contribution < -0.4 is 5.32 Å². The van der Waals surface area contributed by atoms with Crippen molar-refractivity contribution in [3.05, 3.63) is 65.4 Å². The Bertz CT molecular complexity index is 1010. The first-order valence-electron chi connectivity index (χ1n) is 9.47. The number of rotatable bonds is 4. The number of nitrogens with zero attached hydrogens (tertiary/aromatic N) is 2. The van der Waals surface area contributed by atoms with Crippen molar-refractivity contribution in [2.75, 3.05) is 0 Å². The maximum atomic E-state index is 12.5. The number of aryl methyl sites for hydroxylation is 2. The Morgan fingerprint density at radius 1 is 1.15 bits per heavy atom. The summed E-state index contributed by atoms with van der Waals surface area (Å²) in [5.74, 6) is -0.243. The normalized spacial score (nSPS) is 16.1. The summed E-state index contributed by atoms with van der Waals surface area (Å²) in [5.41, 5.74) is 4.39. The monoisotopic (exact) mass is 361 g/mol. The van der Waals surface area contributed by atoms with E-state index in [-0.39, 0.29) is 30.7 Å². The molecule has 1 aliphatic rings. The summed E-state index contributed by atoms with van der Waals surface area (Å²) in [6, 6.07) is 14.1. The number of hydrogen-bond donors (Lipinski definition) is 1. The average Bonchev–Trinajstić information content (AvgIpc) is 3.12. The van der Waals surface area contributed by atoms with E-state index in [1.807, 2.05) is 37.3 Å². The van der Waals surface area contributed by atoms with Gasteiger partial charge in [-0.2, -0.15) is 5.10 Å². The first kappa shape index (κ1) is 17.5. The van der Waals surface area contributed by atoms with Crippen LogP contribution >= 0.6 is 0 Å². The van der Waals surface area contributed by atoms with Crippen LogP contribution in [0.1, 0.15) is 53.2 Å². The molecular formula is C22H23N3O2. The highest BCUT2D eigenvalue weighted by Crippen LogP contribution is 2.29. The molecule has 0 spiro atoms. The fraction of sp³-hybridized carbons (Fsp3) is 0.318. The van der Waals surface area contributed by atoms with Crippen LogP contribution in [0.15, 0.2) is 48.7 Å². The van der Waals surface area contributed by atoms with Gasteiger partial charge in [0.15, 0.2) is 0 Å². The Labute approximate surface area is 158 Å². The minimum Gasteiger partial charge on any atom is -0.349 e. The van der Waals surface area contributed by atoms with E-state index in [9.17, 15) is 9.59 Å². The number of hydrogen-bond acceptors (Lipinski definition) is 3. The van der Waals surface area contributed by atoms with E-state index in [0.29, 0.717) is 0 Å². The summed E-state index contributed by atoms with van der Waals surface area (Å²) in [4.78, 5) is 25.0. The number of amides is 1. The lowest BCUT2D eigenvalue weighted by Crippen LogP contribution is -2.31. The van der Waals surface area contributed by atoms with Crippen LogP contribution in [0.3, 0.4) is 0 Å². The fourth-order valence-electron chi connectivity index (χ4n) is 3.89. The lowest BCUT2D eigenvalue weighted by molar-refractivity contribution is -0.121. The predicted molar refractivity (Wildman–Crippen MR) is 105 cm³/mol. The minimum atomic E-state index is -0.158. The molecule has 27 heavy (non-hydrogen) atoms. The van der Waals surface area contributed by atoms with E-state index in [0.717, 1.165) is 35.7 Å². The summed E-state index contributed by atoms with van der Waals surface area (Å²) < 4.78 is 1.41. The van der Waals surface area contributed by atoms with Crippen LogP contribution in [-0.4, -0.2) is 21.6 Å². The molecular weight excluding hydrogens is 338 g/mol. The van der Waals surface area contributed by atoms with E-state index >= 15 is 0 Å². The van der Waals surface area contributed by atoms with Crippen LogP contribution in [0, 0.1) is 6.92 Å². The molecule has 0 bridgehead atoms. The van der Waals surface area contributed by atoms with Gasteiger partial charge in [0.2, 0.25) is 11.8 Å². The van der Waals surface area contributed by atoms with Crippen molar-refractivity contribution in [2.24, 2.45) is 0 Å².